The molecule has 264 valence electrons. The Labute approximate surface area is 279 Å². The number of rotatable bonds is 16. The second kappa shape index (κ2) is 18.0. The van der Waals surface area contributed by atoms with Crippen molar-refractivity contribution >= 4 is 23.9 Å². The predicted molar refractivity (Wildman–Crippen MR) is 169 cm³/mol. The minimum atomic E-state index is -5.38. The highest BCUT2D eigenvalue weighted by Gasteiger charge is 2.65. The van der Waals surface area contributed by atoms with Gasteiger partial charge in [-0.25, -0.2) is 19.2 Å². The maximum Gasteiger partial charge on any atom is 0.432 e. The number of unbranched alkanes of at least 4 members (excludes halogenated alkanes) is 2. The number of hydrogen-bond donors (Lipinski definition) is 0. The molecule has 0 spiro atoms. The molecule has 1 aliphatic carbocycles. The molecule has 0 amide bonds. The van der Waals surface area contributed by atoms with Gasteiger partial charge in [0.25, 0.3) is 5.60 Å². The van der Waals surface area contributed by atoms with Gasteiger partial charge in [0.2, 0.25) is 12.2 Å². The van der Waals surface area contributed by atoms with Crippen LogP contribution in [-0.4, -0.2) is 62.6 Å². The number of carbonyl (C=O) groups is 4. The molecule has 2 aromatic rings. The molecule has 1 unspecified atom stereocenters. The molecule has 0 saturated heterocycles. The summed E-state index contributed by atoms with van der Waals surface area (Å²) < 4.78 is 68.7. The Balaban J connectivity index is 1.86. The lowest BCUT2D eigenvalue weighted by molar-refractivity contribution is -0.279. The van der Waals surface area contributed by atoms with E-state index in [1.807, 2.05) is 0 Å². The number of ether oxygens (including phenoxy) is 5. The number of halogens is 3. The molecule has 2 aromatic carbocycles. The first-order chi connectivity index (χ1) is 22.9. The molecule has 3 atom stereocenters. The number of carbonyl (C=O) groups excluding carboxylic acids is 4. The van der Waals surface area contributed by atoms with Crippen LogP contribution in [0.2, 0.25) is 0 Å². The summed E-state index contributed by atoms with van der Waals surface area (Å²) in [4.78, 5) is 52.8. The third kappa shape index (κ3) is 9.36. The normalized spacial score (nSPS) is 18.9. The summed E-state index contributed by atoms with van der Waals surface area (Å²) in [5.74, 6) is -4.90. The maximum absolute atomic E-state index is 14.6. The molecule has 0 aromatic heterocycles. The van der Waals surface area contributed by atoms with Crippen molar-refractivity contribution in [3.8, 4) is 0 Å². The maximum atomic E-state index is 14.6. The molecule has 48 heavy (non-hydrogen) atoms. The summed E-state index contributed by atoms with van der Waals surface area (Å²) in [7, 11) is 0.646. The monoisotopic (exact) mass is 678 g/mol. The van der Waals surface area contributed by atoms with Crippen molar-refractivity contribution in [2.75, 3.05) is 20.3 Å². The van der Waals surface area contributed by atoms with E-state index in [-0.39, 0.29) is 18.8 Å². The zero-order valence-electron chi connectivity index (χ0n) is 27.9. The number of benzene rings is 2. The molecule has 0 heterocycles. The van der Waals surface area contributed by atoms with Crippen LogP contribution in [0, 0.1) is 5.92 Å². The minimum absolute atomic E-state index is 0.000973. The summed E-state index contributed by atoms with van der Waals surface area (Å²) in [5, 5.41) is 0. The Morgan fingerprint density at radius 2 is 1.33 bits per heavy atom. The van der Waals surface area contributed by atoms with Gasteiger partial charge < -0.3 is 23.7 Å². The van der Waals surface area contributed by atoms with Crippen LogP contribution in [0.25, 0.3) is 0 Å². The van der Waals surface area contributed by atoms with Gasteiger partial charge in [-0.3, -0.25) is 0 Å². The predicted octanol–water partition coefficient (Wildman–Crippen LogP) is 7.21. The lowest BCUT2D eigenvalue weighted by Crippen LogP contribution is -2.55. The largest absolute Gasteiger partial charge is 0.463 e. The first-order valence-corrected chi connectivity index (χ1v) is 16.5. The standard InChI is InChI=1S/C36H45F3O9/c1-5-8-10-13-24-16-18-25(19-17-24)26-20-22-27(23-21-26)31(40)47-29(32(41)45-6-2)30(33(42)46-7-3)48-34(43)35(44-4,36(37,38)39)28-14-11-9-12-15-28/h9,11-12,14-15,20-25,29-30H,5-8,10,13,16-19H2,1-4H3/t24-,25-,29?,30-,35-/m1/s1. The SMILES string of the molecule is CCCCC[C@H]1CC[C@H](c2ccc(C(=O)OC(C(=O)OCC)[C@@H](OC(=O)[C@](OC)(c3ccccc3)C(F)(F)F)C(=O)OCC)cc2)CC1. The van der Waals surface area contributed by atoms with E-state index in [0.717, 1.165) is 49.3 Å². The summed E-state index contributed by atoms with van der Waals surface area (Å²) >= 11 is 0. The van der Waals surface area contributed by atoms with Gasteiger partial charge in [-0.15, -0.1) is 0 Å². The molecular weight excluding hydrogens is 633 g/mol. The molecule has 0 aliphatic heterocycles. The van der Waals surface area contributed by atoms with E-state index in [9.17, 15) is 32.3 Å². The Morgan fingerprint density at radius 1 is 0.771 bits per heavy atom. The zero-order valence-corrected chi connectivity index (χ0v) is 27.9. The quantitative estimate of drug-likeness (QED) is 0.103. The van der Waals surface area contributed by atoms with Crippen molar-refractivity contribution in [2.24, 2.45) is 5.92 Å². The molecule has 1 aliphatic rings. The first-order valence-electron chi connectivity index (χ1n) is 16.5. The minimum Gasteiger partial charge on any atom is -0.463 e. The van der Waals surface area contributed by atoms with Crippen LogP contribution in [0.3, 0.4) is 0 Å². The van der Waals surface area contributed by atoms with Gasteiger partial charge in [0.1, 0.15) is 0 Å². The molecule has 9 nitrogen and oxygen atoms in total. The molecule has 1 fully saturated rings. The first kappa shape index (κ1) is 38.5. The molecule has 0 bridgehead atoms. The second-order valence-electron chi connectivity index (χ2n) is 11.7. The van der Waals surface area contributed by atoms with Crippen LogP contribution < -0.4 is 0 Å². The van der Waals surface area contributed by atoms with Gasteiger partial charge in [0.15, 0.2) is 0 Å². The third-order valence-corrected chi connectivity index (χ3v) is 8.63. The van der Waals surface area contributed by atoms with E-state index in [2.05, 4.69) is 6.92 Å². The Morgan fingerprint density at radius 3 is 1.83 bits per heavy atom. The summed E-state index contributed by atoms with van der Waals surface area (Å²) in [6, 6.07) is 12.5. The van der Waals surface area contributed by atoms with Gasteiger partial charge in [-0.05, 0) is 69.1 Å². The number of methoxy groups -OCH3 is 1. The Hall–Kier alpha value is -3.93. The van der Waals surface area contributed by atoms with E-state index >= 15 is 0 Å². The van der Waals surface area contributed by atoms with Crippen molar-refractivity contribution in [2.45, 2.75) is 102 Å². The van der Waals surface area contributed by atoms with E-state index in [0.29, 0.717) is 13.0 Å². The average Bonchev–Trinajstić information content (AvgIpc) is 3.07. The van der Waals surface area contributed by atoms with E-state index in [4.69, 9.17) is 23.7 Å². The summed E-state index contributed by atoms with van der Waals surface area (Å²) in [6.07, 6.45) is -0.901. The second-order valence-corrected chi connectivity index (χ2v) is 11.7. The van der Waals surface area contributed by atoms with Crippen molar-refractivity contribution < 1.29 is 56.0 Å². The zero-order chi connectivity index (χ0) is 35.3. The van der Waals surface area contributed by atoms with Gasteiger partial charge >= 0.3 is 30.1 Å². The topological polar surface area (TPSA) is 114 Å². The lowest BCUT2D eigenvalue weighted by Gasteiger charge is -2.34. The van der Waals surface area contributed by atoms with Crippen LogP contribution in [0.5, 0.6) is 0 Å². The molecule has 12 heteroatoms. The Bertz CT molecular complexity index is 1340. The van der Waals surface area contributed by atoms with Crippen molar-refractivity contribution in [3.05, 3.63) is 71.3 Å². The lowest BCUT2D eigenvalue weighted by atomic mass is 9.77. The van der Waals surface area contributed by atoms with Crippen LogP contribution >= 0.6 is 0 Å². The highest BCUT2D eigenvalue weighted by Crippen LogP contribution is 2.43. The van der Waals surface area contributed by atoms with Crippen molar-refractivity contribution in [1.29, 1.82) is 0 Å². The van der Waals surface area contributed by atoms with E-state index in [1.54, 1.807) is 12.1 Å². The Kier molecular flexibility index (Phi) is 14.4. The fourth-order valence-corrected chi connectivity index (χ4v) is 6.04. The summed E-state index contributed by atoms with van der Waals surface area (Å²) in [6.45, 7) is 4.46. The van der Waals surface area contributed by atoms with Gasteiger partial charge in [-0.2, -0.15) is 13.2 Å². The molecular formula is C36H45F3O9. The van der Waals surface area contributed by atoms with E-state index in [1.165, 1.54) is 69.9 Å². The third-order valence-electron chi connectivity index (χ3n) is 8.63. The van der Waals surface area contributed by atoms with Crippen molar-refractivity contribution in [3.63, 3.8) is 0 Å². The number of esters is 4. The van der Waals surface area contributed by atoms with Crippen LogP contribution in [-0.2, 0) is 43.7 Å². The van der Waals surface area contributed by atoms with Gasteiger partial charge in [0.05, 0.1) is 18.8 Å². The van der Waals surface area contributed by atoms with Gasteiger partial charge in [-0.1, -0.05) is 75.1 Å². The smallest absolute Gasteiger partial charge is 0.432 e. The molecule has 1 saturated carbocycles. The molecule has 3 rings (SSSR count). The summed E-state index contributed by atoms with van der Waals surface area (Å²) in [5.41, 5.74) is -3.31. The number of hydrogen-bond acceptors (Lipinski definition) is 9. The van der Waals surface area contributed by atoms with Crippen LogP contribution in [0.1, 0.15) is 99.5 Å². The fourth-order valence-electron chi connectivity index (χ4n) is 6.04. The molecule has 0 N–H and O–H groups in total. The highest BCUT2D eigenvalue weighted by atomic mass is 19.4. The van der Waals surface area contributed by atoms with Gasteiger partial charge in [0, 0.05) is 12.7 Å². The molecule has 0 radical (unpaired) electrons. The number of alkyl halides is 3. The highest BCUT2D eigenvalue weighted by molar-refractivity contribution is 5.94. The average molecular weight is 679 g/mol. The van der Waals surface area contributed by atoms with Crippen LogP contribution in [0.15, 0.2) is 54.6 Å². The van der Waals surface area contributed by atoms with Crippen molar-refractivity contribution in [1.82, 2.24) is 0 Å². The van der Waals surface area contributed by atoms with Crippen LogP contribution in [0.4, 0.5) is 13.2 Å². The fraction of sp³-hybridized carbons (Fsp3) is 0.556. The van der Waals surface area contributed by atoms with E-state index < -0.39 is 53.4 Å².